The molecule has 6 nitrogen and oxygen atoms in total. The normalized spacial score (nSPS) is 17.6. The van der Waals surface area contributed by atoms with Gasteiger partial charge in [-0.15, -0.1) is 12.4 Å². The number of benzene rings is 1. The number of nitrogens with zero attached hydrogens (tertiary/aromatic N) is 1. The van der Waals surface area contributed by atoms with Gasteiger partial charge in [-0.1, -0.05) is 6.42 Å². The summed E-state index contributed by atoms with van der Waals surface area (Å²) in [4.78, 5) is 26.8. The summed E-state index contributed by atoms with van der Waals surface area (Å²) in [6.45, 7) is 2.06. The fourth-order valence-corrected chi connectivity index (χ4v) is 3.47. The van der Waals surface area contributed by atoms with Gasteiger partial charge in [0.2, 0.25) is 0 Å². The number of methoxy groups -OCH3 is 1. The molecule has 0 aromatic heterocycles. The quantitative estimate of drug-likeness (QED) is 0.749. The second kappa shape index (κ2) is 9.95. The molecule has 1 amide bonds. The van der Waals surface area contributed by atoms with Crippen molar-refractivity contribution in [2.75, 3.05) is 33.9 Å². The van der Waals surface area contributed by atoms with Gasteiger partial charge in [0.15, 0.2) is 0 Å². The third kappa shape index (κ3) is 5.36. The number of halogens is 1. The van der Waals surface area contributed by atoms with Gasteiger partial charge in [0.25, 0.3) is 5.91 Å². The molecule has 1 aliphatic carbocycles. The number of piperidine rings is 1. The van der Waals surface area contributed by atoms with Crippen molar-refractivity contribution >= 4 is 24.3 Å². The molecule has 3 rings (SSSR count). The number of nitrogens with one attached hydrogen (secondary N) is 1. The van der Waals surface area contributed by atoms with Crippen molar-refractivity contribution in [3.63, 3.8) is 0 Å². The third-order valence-electron chi connectivity index (χ3n) is 5.48. The molecule has 1 heterocycles. The summed E-state index contributed by atoms with van der Waals surface area (Å²) in [6.07, 6.45) is 5.49. The molecule has 0 bridgehead atoms. The largest absolute Gasteiger partial charge is 0.493 e. The number of rotatable bonds is 6. The lowest BCUT2D eigenvalue weighted by Gasteiger charge is -2.32. The molecule has 2 fully saturated rings. The first kappa shape index (κ1) is 21.5. The lowest BCUT2D eigenvalue weighted by atomic mass is 9.86. The summed E-state index contributed by atoms with van der Waals surface area (Å²) in [5.74, 6) is 0.630. The van der Waals surface area contributed by atoms with Gasteiger partial charge >= 0.3 is 5.97 Å². The lowest BCUT2D eigenvalue weighted by molar-refractivity contribution is 0.0600. The van der Waals surface area contributed by atoms with Gasteiger partial charge in [0.1, 0.15) is 5.75 Å². The average molecular weight is 397 g/mol. The maximum Gasteiger partial charge on any atom is 0.338 e. The van der Waals surface area contributed by atoms with Gasteiger partial charge < -0.3 is 19.7 Å². The van der Waals surface area contributed by atoms with Crippen LogP contribution in [0.25, 0.3) is 0 Å². The molecule has 0 atom stereocenters. The molecule has 0 radical (unpaired) electrons. The molecule has 150 valence electrons. The van der Waals surface area contributed by atoms with Crippen LogP contribution < -0.4 is 10.1 Å². The molecule has 0 spiro atoms. The van der Waals surface area contributed by atoms with Crippen LogP contribution in [0.4, 0.5) is 0 Å². The first-order valence-electron chi connectivity index (χ1n) is 9.43. The van der Waals surface area contributed by atoms with E-state index in [-0.39, 0.29) is 18.3 Å². The lowest BCUT2D eigenvalue weighted by Crippen LogP contribution is -2.44. The maximum atomic E-state index is 12.9. The number of amides is 1. The molecular formula is C20H29ClN2O4. The van der Waals surface area contributed by atoms with E-state index < -0.39 is 5.97 Å². The van der Waals surface area contributed by atoms with Crippen molar-refractivity contribution in [2.24, 2.45) is 5.92 Å². The van der Waals surface area contributed by atoms with Crippen molar-refractivity contribution in [3.8, 4) is 5.75 Å². The van der Waals surface area contributed by atoms with Crippen LogP contribution in [0.15, 0.2) is 18.2 Å². The maximum absolute atomic E-state index is 12.9. The van der Waals surface area contributed by atoms with E-state index in [1.807, 2.05) is 11.9 Å². The highest BCUT2D eigenvalue weighted by atomic mass is 35.5. The molecule has 1 aliphatic heterocycles. The van der Waals surface area contributed by atoms with Crippen LogP contribution in [0.3, 0.4) is 0 Å². The predicted molar refractivity (Wildman–Crippen MR) is 106 cm³/mol. The number of likely N-dealkylation sites (tertiary alicyclic amines) is 1. The number of ether oxygens (including phenoxy) is 2. The van der Waals surface area contributed by atoms with Crippen molar-refractivity contribution in [1.82, 2.24) is 10.2 Å². The molecule has 7 heteroatoms. The number of esters is 1. The molecule has 1 saturated heterocycles. The first-order valence-corrected chi connectivity index (χ1v) is 9.43. The number of carbonyl (C=O) groups is 2. The monoisotopic (exact) mass is 396 g/mol. The van der Waals surface area contributed by atoms with Crippen LogP contribution in [0, 0.1) is 5.92 Å². The number of hydrogen-bond donors (Lipinski definition) is 1. The molecule has 1 aromatic carbocycles. The SMILES string of the molecule is CNC1CCN(C(=O)c2cc(OCC3CCC3)cc(C(=O)OC)c2)CC1.Cl. The zero-order chi connectivity index (χ0) is 18.5. The second-order valence-electron chi connectivity index (χ2n) is 7.20. The summed E-state index contributed by atoms with van der Waals surface area (Å²) < 4.78 is 10.7. The highest BCUT2D eigenvalue weighted by Gasteiger charge is 2.24. The van der Waals surface area contributed by atoms with E-state index in [2.05, 4.69) is 5.32 Å². The minimum atomic E-state index is -0.456. The highest BCUT2D eigenvalue weighted by molar-refractivity contribution is 5.98. The molecular weight excluding hydrogens is 368 g/mol. The second-order valence-corrected chi connectivity index (χ2v) is 7.20. The van der Waals surface area contributed by atoms with Gasteiger partial charge in [0, 0.05) is 24.7 Å². The Balaban J connectivity index is 0.00000261. The van der Waals surface area contributed by atoms with Crippen molar-refractivity contribution < 1.29 is 19.1 Å². The first-order chi connectivity index (χ1) is 12.6. The van der Waals surface area contributed by atoms with E-state index in [4.69, 9.17) is 9.47 Å². The fourth-order valence-electron chi connectivity index (χ4n) is 3.47. The van der Waals surface area contributed by atoms with Crippen molar-refractivity contribution in [3.05, 3.63) is 29.3 Å². The highest BCUT2D eigenvalue weighted by Crippen LogP contribution is 2.28. The molecule has 1 saturated carbocycles. The van der Waals surface area contributed by atoms with E-state index in [0.29, 0.717) is 48.5 Å². The summed E-state index contributed by atoms with van der Waals surface area (Å²) in [5.41, 5.74) is 0.839. The Labute approximate surface area is 167 Å². The molecule has 2 aliphatic rings. The Morgan fingerprint density at radius 3 is 2.33 bits per heavy atom. The number of hydrogen-bond acceptors (Lipinski definition) is 5. The Kier molecular flexibility index (Phi) is 7.92. The summed E-state index contributed by atoms with van der Waals surface area (Å²) in [7, 11) is 3.29. The zero-order valence-corrected chi connectivity index (χ0v) is 16.8. The Morgan fingerprint density at radius 2 is 1.78 bits per heavy atom. The summed E-state index contributed by atoms with van der Waals surface area (Å²) in [5, 5.41) is 3.26. The van der Waals surface area contributed by atoms with E-state index in [1.165, 1.54) is 26.4 Å². The fraction of sp³-hybridized carbons (Fsp3) is 0.600. The van der Waals surface area contributed by atoms with E-state index in [1.54, 1.807) is 18.2 Å². The Bertz CT molecular complexity index is 655. The van der Waals surface area contributed by atoms with Crippen LogP contribution in [-0.4, -0.2) is 56.7 Å². The van der Waals surface area contributed by atoms with E-state index in [0.717, 1.165) is 12.8 Å². The van der Waals surface area contributed by atoms with Crippen molar-refractivity contribution in [1.29, 1.82) is 0 Å². The summed E-state index contributed by atoms with van der Waals surface area (Å²) in [6, 6.07) is 5.47. The molecule has 1 aromatic rings. The van der Waals surface area contributed by atoms with Gasteiger partial charge in [-0.25, -0.2) is 4.79 Å². The smallest absolute Gasteiger partial charge is 0.338 e. The zero-order valence-electron chi connectivity index (χ0n) is 16.0. The Hall–Kier alpha value is -1.79. The van der Waals surface area contributed by atoms with Crippen LogP contribution in [-0.2, 0) is 4.74 Å². The molecule has 0 unspecified atom stereocenters. The van der Waals surface area contributed by atoms with Gasteiger partial charge in [0.05, 0.1) is 19.3 Å². The van der Waals surface area contributed by atoms with Crippen LogP contribution in [0.1, 0.15) is 52.8 Å². The molecule has 1 N–H and O–H groups in total. The molecule has 27 heavy (non-hydrogen) atoms. The topological polar surface area (TPSA) is 67.9 Å². The van der Waals surface area contributed by atoms with Crippen LogP contribution in [0.5, 0.6) is 5.75 Å². The van der Waals surface area contributed by atoms with Crippen molar-refractivity contribution in [2.45, 2.75) is 38.1 Å². The van der Waals surface area contributed by atoms with E-state index >= 15 is 0 Å². The minimum absolute atomic E-state index is 0. The summed E-state index contributed by atoms with van der Waals surface area (Å²) >= 11 is 0. The van der Waals surface area contributed by atoms with Gasteiger partial charge in [-0.05, 0) is 56.8 Å². The third-order valence-corrected chi connectivity index (χ3v) is 5.48. The predicted octanol–water partition coefficient (Wildman–Crippen LogP) is 2.90. The Morgan fingerprint density at radius 1 is 1.11 bits per heavy atom. The van der Waals surface area contributed by atoms with Crippen LogP contribution >= 0.6 is 12.4 Å². The van der Waals surface area contributed by atoms with Gasteiger partial charge in [-0.2, -0.15) is 0 Å². The van der Waals surface area contributed by atoms with Crippen LogP contribution in [0.2, 0.25) is 0 Å². The van der Waals surface area contributed by atoms with E-state index in [9.17, 15) is 9.59 Å². The standard InChI is InChI=1S/C20H28N2O4.ClH/c1-21-17-6-8-22(9-7-17)19(23)15-10-16(20(24)25-2)12-18(11-15)26-13-14-4-3-5-14;/h10-12,14,17,21H,3-9,13H2,1-2H3;1H. The van der Waals surface area contributed by atoms with Gasteiger partial charge in [-0.3, -0.25) is 4.79 Å². The average Bonchev–Trinajstić information content (AvgIpc) is 2.65. The number of carbonyl (C=O) groups excluding carboxylic acids is 2. The minimum Gasteiger partial charge on any atom is -0.493 e.